The van der Waals surface area contributed by atoms with Crippen LogP contribution in [0.25, 0.3) is 0 Å². The van der Waals surface area contributed by atoms with Crippen LogP contribution in [0.2, 0.25) is 0 Å². The first-order valence-corrected chi connectivity index (χ1v) is 6.02. The zero-order chi connectivity index (χ0) is 12.0. The van der Waals surface area contributed by atoms with Crippen molar-refractivity contribution in [1.82, 2.24) is 0 Å². The number of aryl methyl sites for hydroxylation is 1. The van der Waals surface area contributed by atoms with Gasteiger partial charge in [0.2, 0.25) is 0 Å². The maximum atomic E-state index is 5.89. The summed E-state index contributed by atoms with van der Waals surface area (Å²) in [4.78, 5) is 0. The highest BCUT2D eigenvalue weighted by Gasteiger charge is 2.08. The fourth-order valence-corrected chi connectivity index (χ4v) is 1.70. The second kappa shape index (κ2) is 6.77. The van der Waals surface area contributed by atoms with E-state index in [-0.39, 0.29) is 6.10 Å². The van der Waals surface area contributed by atoms with Crippen LogP contribution in [-0.4, -0.2) is 19.8 Å². The topological polar surface area (TPSA) is 18.5 Å². The Bertz CT molecular complexity index is 326. The van der Waals surface area contributed by atoms with E-state index in [9.17, 15) is 0 Å². The third-order valence-corrected chi connectivity index (χ3v) is 2.70. The molecule has 1 aromatic carbocycles. The highest BCUT2D eigenvalue weighted by Crippen LogP contribution is 2.23. The van der Waals surface area contributed by atoms with E-state index in [1.165, 1.54) is 5.56 Å². The van der Waals surface area contributed by atoms with E-state index in [1.54, 1.807) is 7.11 Å². The molecule has 3 heteroatoms. The predicted molar refractivity (Wildman–Crippen MR) is 67.3 cm³/mol. The maximum absolute atomic E-state index is 5.89. The molecule has 0 saturated heterocycles. The van der Waals surface area contributed by atoms with E-state index in [0.29, 0.717) is 12.5 Å². The van der Waals surface area contributed by atoms with Crippen molar-refractivity contribution < 1.29 is 9.47 Å². The van der Waals surface area contributed by atoms with Gasteiger partial charge < -0.3 is 9.47 Å². The van der Waals surface area contributed by atoms with Crippen LogP contribution in [0.5, 0.6) is 5.75 Å². The van der Waals surface area contributed by atoms with Crippen molar-refractivity contribution in [3.8, 4) is 5.75 Å². The number of halogens is 1. The molecule has 1 aromatic rings. The van der Waals surface area contributed by atoms with E-state index in [1.807, 2.05) is 26.0 Å². The molecular weight excluding hydrogens is 224 g/mol. The summed E-state index contributed by atoms with van der Waals surface area (Å²) in [6.07, 6.45) is 1.02. The minimum absolute atomic E-state index is 0.143. The Labute approximate surface area is 103 Å². The van der Waals surface area contributed by atoms with E-state index < -0.39 is 0 Å². The van der Waals surface area contributed by atoms with Gasteiger partial charge in [0.05, 0.1) is 12.0 Å². The smallest absolute Gasteiger partial charge is 0.124 e. The highest BCUT2D eigenvalue weighted by atomic mass is 35.5. The van der Waals surface area contributed by atoms with E-state index in [4.69, 9.17) is 21.1 Å². The van der Waals surface area contributed by atoms with Crippen LogP contribution in [0, 0.1) is 6.92 Å². The summed E-state index contributed by atoms with van der Waals surface area (Å²) >= 11 is 5.89. The first-order valence-electron chi connectivity index (χ1n) is 5.48. The van der Waals surface area contributed by atoms with Gasteiger partial charge in [0.15, 0.2) is 0 Å². The summed E-state index contributed by atoms with van der Waals surface area (Å²) in [6, 6.07) is 6.08. The Morgan fingerprint density at radius 1 is 1.38 bits per heavy atom. The van der Waals surface area contributed by atoms with Crippen molar-refractivity contribution in [2.75, 3.05) is 13.7 Å². The van der Waals surface area contributed by atoms with Crippen molar-refractivity contribution in [2.45, 2.75) is 32.3 Å². The lowest BCUT2D eigenvalue weighted by Gasteiger charge is -2.16. The van der Waals surface area contributed by atoms with Crippen molar-refractivity contribution >= 4 is 11.6 Å². The molecule has 1 rings (SSSR count). The van der Waals surface area contributed by atoms with Crippen molar-refractivity contribution in [3.05, 3.63) is 29.3 Å². The molecule has 0 aliphatic rings. The van der Waals surface area contributed by atoms with Crippen LogP contribution >= 0.6 is 11.6 Å². The second-order valence-electron chi connectivity index (χ2n) is 3.95. The van der Waals surface area contributed by atoms with Crippen LogP contribution in [0.1, 0.15) is 24.5 Å². The summed E-state index contributed by atoms with van der Waals surface area (Å²) in [7, 11) is 1.70. The van der Waals surface area contributed by atoms with E-state index in [0.717, 1.165) is 17.7 Å². The molecular formula is C13H19ClO2. The molecule has 0 heterocycles. The van der Waals surface area contributed by atoms with Crippen LogP contribution in [0.4, 0.5) is 0 Å². The van der Waals surface area contributed by atoms with Gasteiger partial charge in [0.25, 0.3) is 0 Å². The van der Waals surface area contributed by atoms with E-state index in [2.05, 4.69) is 6.07 Å². The van der Waals surface area contributed by atoms with Gasteiger partial charge in [0.1, 0.15) is 5.75 Å². The zero-order valence-electron chi connectivity index (χ0n) is 10.1. The maximum Gasteiger partial charge on any atom is 0.124 e. The molecule has 90 valence electrons. The number of ether oxygens (including phenoxy) is 2. The molecule has 0 bridgehead atoms. The monoisotopic (exact) mass is 242 g/mol. The van der Waals surface area contributed by atoms with Crippen LogP contribution in [0.3, 0.4) is 0 Å². The van der Waals surface area contributed by atoms with Gasteiger partial charge in [-0.3, -0.25) is 0 Å². The Morgan fingerprint density at radius 2 is 2.12 bits per heavy atom. The first-order chi connectivity index (χ1) is 7.67. The van der Waals surface area contributed by atoms with Gasteiger partial charge in [-0.1, -0.05) is 17.7 Å². The summed E-state index contributed by atoms with van der Waals surface area (Å²) in [6.45, 7) is 4.80. The Morgan fingerprint density at radius 3 is 2.75 bits per heavy atom. The molecule has 0 radical (unpaired) electrons. The Hall–Kier alpha value is -0.730. The summed E-state index contributed by atoms with van der Waals surface area (Å²) in [5, 5.41) is 0. The van der Waals surface area contributed by atoms with Gasteiger partial charge in [-0.2, -0.15) is 0 Å². The molecule has 0 saturated carbocycles. The molecule has 0 N–H and O–H groups in total. The number of hydrogen-bond acceptors (Lipinski definition) is 2. The fourth-order valence-electron chi connectivity index (χ4n) is 1.49. The minimum Gasteiger partial charge on any atom is -0.490 e. The normalized spacial score (nSPS) is 12.5. The van der Waals surface area contributed by atoms with Crippen molar-refractivity contribution in [1.29, 1.82) is 0 Å². The van der Waals surface area contributed by atoms with Crippen LogP contribution in [0.15, 0.2) is 18.2 Å². The molecule has 0 spiro atoms. The average Bonchev–Trinajstić information content (AvgIpc) is 2.28. The molecule has 1 atom stereocenters. The predicted octanol–water partition coefficient (Wildman–Crippen LogP) is 3.54. The Balaban J connectivity index is 2.65. The molecule has 16 heavy (non-hydrogen) atoms. The molecule has 1 unspecified atom stereocenters. The van der Waals surface area contributed by atoms with Gasteiger partial charge in [-0.25, -0.2) is 0 Å². The van der Waals surface area contributed by atoms with Gasteiger partial charge in [-0.05, 0) is 19.9 Å². The molecule has 0 aromatic heterocycles. The largest absolute Gasteiger partial charge is 0.490 e. The summed E-state index contributed by atoms with van der Waals surface area (Å²) in [5.74, 6) is 1.36. The molecule has 0 aliphatic carbocycles. The number of alkyl halides is 1. The molecule has 0 amide bonds. The SMILES string of the molecule is COCCC(C)Oc1ccc(C)cc1CCl. The van der Waals surface area contributed by atoms with Gasteiger partial charge in [0, 0.05) is 25.7 Å². The second-order valence-corrected chi connectivity index (χ2v) is 4.22. The molecule has 0 fully saturated rings. The third-order valence-electron chi connectivity index (χ3n) is 2.42. The van der Waals surface area contributed by atoms with Crippen LogP contribution < -0.4 is 4.74 Å². The van der Waals surface area contributed by atoms with Gasteiger partial charge >= 0.3 is 0 Å². The number of benzene rings is 1. The minimum atomic E-state index is 0.143. The lowest BCUT2D eigenvalue weighted by Crippen LogP contribution is -2.15. The van der Waals surface area contributed by atoms with Gasteiger partial charge in [-0.15, -0.1) is 11.6 Å². The van der Waals surface area contributed by atoms with Crippen molar-refractivity contribution in [3.63, 3.8) is 0 Å². The highest BCUT2D eigenvalue weighted by molar-refractivity contribution is 6.17. The quantitative estimate of drug-likeness (QED) is 0.711. The average molecular weight is 243 g/mol. The third kappa shape index (κ3) is 4.03. The first kappa shape index (κ1) is 13.3. The summed E-state index contributed by atoms with van der Waals surface area (Å²) in [5.41, 5.74) is 2.25. The number of methoxy groups -OCH3 is 1. The summed E-state index contributed by atoms with van der Waals surface area (Å²) < 4.78 is 10.8. The lowest BCUT2D eigenvalue weighted by atomic mass is 10.1. The van der Waals surface area contributed by atoms with E-state index >= 15 is 0 Å². The molecule has 0 aliphatic heterocycles. The van der Waals surface area contributed by atoms with Crippen molar-refractivity contribution in [2.24, 2.45) is 0 Å². The lowest BCUT2D eigenvalue weighted by molar-refractivity contribution is 0.134. The standard InChI is InChI=1S/C13H19ClO2/c1-10-4-5-13(12(8-10)9-14)16-11(2)6-7-15-3/h4-5,8,11H,6-7,9H2,1-3H3. The van der Waals surface area contributed by atoms with Crippen LogP contribution in [-0.2, 0) is 10.6 Å². The number of hydrogen-bond donors (Lipinski definition) is 0. The Kier molecular flexibility index (Phi) is 5.64. The number of rotatable bonds is 6. The molecule has 2 nitrogen and oxygen atoms in total. The fraction of sp³-hybridized carbons (Fsp3) is 0.538. The zero-order valence-corrected chi connectivity index (χ0v) is 10.9.